The number of aryl methyl sites for hydroxylation is 1. The normalized spacial score (nSPS) is 11.1. The largest absolute Gasteiger partial charge is 0.395 e. The number of rotatable bonds is 3. The second kappa shape index (κ2) is 4.94. The van der Waals surface area contributed by atoms with Gasteiger partial charge in [0.25, 0.3) is 0 Å². The van der Waals surface area contributed by atoms with Crippen LogP contribution in [0.5, 0.6) is 0 Å². The summed E-state index contributed by atoms with van der Waals surface area (Å²) in [6.07, 6.45) is 1.74. The van der Waals surface area contributed by atoms with Crippen molar-refractivity contribution < 1.29 is 5.11 Å². The lowest BCUT2D eigenvalue weighted by molar-refractivity contribution is 0.278. The molecule has 0 spiro atoms. The van der Waals surface area contributed by atoms with E-state index in [0.29, 0.717) is 12.4 Å². The van der Waals surface area contributed by atoms with Gasteiger partial charge in [-0.3, -0.25) is 0 Å². The number of anilines is 1. The maximum atomic E-state index is 9.30. The summed E-state index contributed by atoms with van der Waals surface area (Å²) >= 11 is 0. The molecule has 0 radical (unpaired) electrons. The summed E-state index contributed by atoms with van der Waals surface area (Å²) in [5, 5.41) is 9.30. The van der Waals surface area contributed by atoms with E-state index in [1.165, 1.54) is 0 Å². The lowest BCUT2D eigenvalue weighted by Crippen LogP contribution is -2.05. The average molecular weight is 268 g/mol. The zero-order valence-corrected chi connectivity index (χ0v) is 11.2. The molecule has 0 aliphatic heterocycles. The SMILES string of the molecule is Cc1cc(N)ncc1-c1nc2ccccc2n1CCO. The monoisotopic (exact) mass is 268 g/mol. The van der Waals surface area contributed by atoms with Gasteiger partial charge in [0.1, 0.15) is 11.6 Å². The fourth-order valence-electron chi connectivity index (χ4n) is 2.42. The molecule has 3 rings (SSSR count). The van der Waals surface area contributed by atoms with Crippen LogP contribution in [-0.4, -0.2) is 26.2 Å². The molecule has 3 N–H and O–H groups in total. The number of hydrogen-bond acceptors (Lipinski definition) is 4. The van der Waals surface area contributed by atoms with Crippen LogP contribution in [0.25, 0.3) is 22.4 Å². The van der Waals surface area contributed by atoms with Crippen molar-refractivity contribution in [1.29, 1.82) is 0 Å². The van der Waals surface area contributed by atoms with Crippen LogP contribution in [0.1, 0.15) is 5.56 Å². The molecule has 0 aliphatic rings. The molecule has 102 valence electrons. The molecule has 2 aromatic heterocycles. The third-order valence-electron chi connectivity index (χ3n) is 3.35. The van der Waals surface area contributed by atoms with Crippen molar-refractivity contribution in [2.45, 2.75) is 13.5 Å². The van der Waals surface area contributed by atoms with Crippen LogP contribution in [0.2, 0.25) is 0 Å². The molecule has 0 fully saturated rings. The van der Waals surface area contributed by atoms with Crippen LogP contribution in [0.3, 0.4) is 0 Å². The number of aromatic nitrogens is 3. The Morgan fingerprint density at radius 3 is 2.85 bits per heavy atom. The highest BCUT2D eigenvalue weighted by molar-refractivity contribution is 5.81. The van der Waals surface area contributed by atoms with E-state index in [9.17, 15) is 5.11 Å². The van der Waals surface area contributed by atoms with Crippen LogP contribution < -0.4 is 5.73 Å². The van der Waals surface area contributed by atoms with E-state index >= 15 is 0 Å². The summed E-state index contributed by atoms with van der Waals surface area (Å²) in [4.78, 5) is 8.81. The molecule has 2 heterocycles. The summed E-state index contributed by atoms with van der Waals surface area (Å²) in [6.45, 7) is 2.55. The Kier molecular flexibility index (Phi) is 3.12. The maximum absolute atomic E-state index is 9.30. The number of aliphatic hydroxyl groups excluding tert-OH is 1. The summed E-state index contributed by atoms with van der Waals surface area (Å²) in [5.41, 5.74) is 9.57. The predicted molar refractivity (Wildman–Crippen MR) is 79.2 cm³/mol. The highest BCUT2D eigenvalue weighted by Crippen LogP contribution is 2.27. The third-order valence-corrected chi connectivity index (χ3v) is 3.35. The van der Waals surface area contributed by atoms with Gasteiger partial charge in [-0.2, -0.15) is 0 Å². The van der Waals surface area contributed by atoms with Crippen molar-refractivity contribution in [2.75, 3.05) is 12.3 Å². The van der Waals surface area contributed by atoms with Gasteiger partial charge in [-0.1, -0.05) is 12.1 Å². The number of aliphatic hydroxyl groups is 1. The number of hydrogen-bond donors (Lipinski definition) is 2. The van der Waals surface area contributed by atoms with Gasteiger partial charge in [-0.15, -0.1) is 0 Å². The second-order valence-electron chi connectivity index (χ2n) is 4.72. The molecular weight excluding hydrogens is 252 g/mol. The Bertz CT molecular complexity index is 764. The molecule has 1 aromatic carbocycles. The van der Waals surface area contributed by atoms with E-state index in [1.807, 2.05) is 41.8 Å². The van der Waals surface area contributed by atoms with E-state index in [-0.39, 0.29) is 6.61 Å². The van der Waals surface area contributed by atoms with E-state index < -0.39 is 0 Å². The Hall–Kier alpha value is -2.40. The molecule has 5 nitrogen and oxygen atoms in total. The minimum absolute atomic E-state index is 0.0643. The Labute approximate surface area is 116 Å². The smallest absolute Gasteiger partial charge is 0.143 e. The highest BCUT2D eigenvalue weighted by Gasteiger charge is 2.14. The summed E-state index contributed by atoms with van der Waals surface area (Å²) in [6, 6.07) is 9.72. The van der Waals surface area contributed by atoms with Gasteiger partial charge in [-0.25, -0.2) is 9.97 Å². The minimum atomic E-state index is 0.0643. The van der Waals surface area contributed by atoms with Gasteiger partial charge in [0, 0.05) is 18.3 Å². The number of nitrogens with zero attached hydrogens (tertiary/aromatic N) is 3. The van der Waals surface area contributed by atoms with Crippen LogP contribution in [0.4, 0.5) is 5.82 Å². The molecule has 0 saturated carbocycles. The maximum Gasteiger partial charge on any atom is 0.143 e. The molecule has 0 atom stereocenters. The average Bonchev–Trinajstić information content (AvgIpc) is 2.78. The molecule has 0 unspecified atom stereocenters. The lowest BCUT2D eigenvalue weighted by atomic mass is 10.1. The van der Waals surface area contributed by atoms with Gasteiger partial charge in [0.2, 0.25) is 0 Å². The fraction of sp³-hybridized carbons (Fsp3) is 0.200. The first-order valence-corrected chi connectivity index (χ1v) is 6.49. The van der Waals surface area contributed by atoms with Crippen LogP contribution in [0.15, 0.2) is 36.5 Å². The lowest BCUT2D eigenvalue weighted by Gasteiger charge is -2.09. The molecule has 3 aromatic rings. The van der Waals surface area contributed by atoms with Crippen molar-refractivity contribution >= 4 is 16.9 Å². The fourth-order valence-corrected chi connectivity index (χ4v) is 2.42. The van der Waals surface area contributed by atoms with Gasteiger partial charge in [-0.05, 0) is 30.7 Å². The number of pyridine rings is 1. The Balaban J connectivity index is 2.26. The first-order valence-electron chi connectivity index (χ1n) is 6.49. The van der Waals surface area contributed by atoms with Gasteiger partial charge < -0.3 is 15.4 Å². The van der Waals surface area contributed by atoms with Crippen molar-refractivity contribution in [3.8, 4) is 11.4 Å². The van der Waals surface area contributed by atoms with Gasteiger partial charge in [0.15, 0.2) is 0 Å². The first-order chi connectivity index (χ1) is 9.70. The zero-order valence-electron chi connectivity index (χ0n) is 11.2. The molecule has 5 heteroatoms. The van der Waals surface area contributed by atoms with E-state index in [1.54, 1.807) is 6.20 Å². The molecule has 20 heavy (non-hydrogen) atoms. The molecule has 0 saturated heterocycles. The minimum Gasteiger partial charge on any atom is -0.395 e. The van der Waals surface area contributed by atoms with Crippen LogP contribution >= 0.6 is 0 Å². The highest BCUT2D eigenvalue weighted by atomic mass is 16.3. The third kappa shape index (κ3) is 2.02. The zero-order chi connectivity index (χ0) is 14.1. The number of para-hydroxylation sites is 2. The van der Waals surface area contributed by atoms with Gasteiger partial charge >= 0.3 is 0 Å². The Morgan fingerprint density at radius 1 is 1.30 bits per heavy atom. The number of nitrogens with two attached hydrogens (primary N) is 1. The molecule has 0 bridgehead atoms. The molecule has 0 amide bonds. The predicted octanol–water partition coefficient (Wildman–Crippen LogP) is 1.98. The van der Waals surface area contributed by atoms with E-state index in [0.717, 1.165) is 28.0 Å². The van der Waals surface area contributed by atoms with Crippen molar-refractivity contribution in [1.82, 2.24) is 14.5 Å². The van der Waals surface area contributed by atoms with Crippen molar-refractivity contribution in [3.05, 3.63) is 42.1 Å². The van der Waals surface area contributed by atoms with Crippen molar-refractivity contribution in [3.63, 3.8) is 0 Å². The van der Waals surface area contributed by atoms with Gasteiger partial charge in [0.05, 0.1) is 17.6 Å². The van der Waals surface area contributed by atoms with Crippen molar-refractivity contribution in [2.24, 2.45) is 0 Å². The molecular formula is C15H16N4O. The summed E-state index contributed by atoms with van der Waals surface area (Å²) < 4.78 is 2.01. The van der Waals surface area contributed by atoms with Crippen LogP contribution in [0, 0.1) is 6.92 Å². The quantitative estimate of drug-likeness (QED) is 0.761. The van der Waals surface area contributed by atoms with E-state index in [2.05, 4.69) is 9.97 Å². The summed E-state index contributed by atoms with van der Waals surface area (Å²) in [5.74, 6) is 1.31. The molecule has 0 aliphatic carbocycles. The Morgan fingerprint density at radius 2 is 2.10 bits per heavy atom. The summed E-state index contributed by atoms with van der Waals surface area (Å²) in [7, 11) is 0. The van der Waals surface area contributed by atoms with Crippen LogP contribution in [-0.2, 0) is 6.54 Å². The topological polar surface area (TPSA) is 77.0 Å². The standard InChI is InChI=1S/C15H16N4O/c1-10-8-14(16)17-9-11(10)15-18-12-4-2-3-5-13(12)19(15)6-7-20/h2-5,8-9,20H,6-7H2,1H3,(H2,16,17). The number of nitrogen functional groups attached to an aromatic ring is 1. The number of fused-ring (bicyclic) bond motifs is 1. The van der Waals surface area contributed by atoms with E-state index in [4.69, 9.17) is 5.73 Å². The second-order valence-corrected chi connectivity index (χ2v) is 4.72. The first kappa shape index (κ1) is 12.6. The number of imidazole rings is 1. The number of benzene rings is 1.